The zero-order chi connectivity index (χ0) is 18.4. The van der Waals surface area contributed by atoms with Crippen molar-refractivity contribution in [1.82, 2.24) is 20.5 Å². The third-order valence-corrected chi connectivity index (χ3v) is 4.75. The van der Waals surface area contributed by atoms with Crippen LogP contribution in [0, 0.1) is 5.82 Å². The van der Waals surface area contributed by atoms with E-state index in [0.29, 0.717) is 30.3 Å². The van der Waals surface area contributed by atoms with Crippen LogP contribution in [0.15, 0.2) is 53.7 Å². The molecule has 1 aromatic heterocycles. The van der Waals surface area contributed by atoms with Gasteiger partial charge in [0, 0.05) is 38.4 Å². The lowest BCUT2D eigenvalue weighted by atomic mass is 10.2. The van der Waals surface area contributed by atoms with Gasteiger partial charge in [0.05, 0.1) is 12.2 Å². The fourth-order valence-corrected chi connectivity index (χ4v) is 3.35. The maximum atomic E-state index is 13.7. The number of aliphatic imine (C=N–C) groups is 1. The molecule has 0 radical (unpaired) electrons. The molecule has 0 spiro atoms. The second-order valence-corrected chi connectivity index (χ2v) is 6.70. The molecule has 1 fully saturated rings. The first-order chi connectivity index (χ1) is 12.7. The van der Waals surface area contributed by atoms with Crippen LogP contribution in [0.5, 0.6) is 0 Å². The zero-order valence-corrected chi connectivity index (χ0v) is 15.3. The minimum atomic E-state index is -0.307. The van der Waals surface area contributed by atoms with Gasteiger partial charge in [-0.3, -0.25) is 14.9 Å². The lowest BCUT2D eigenvalue weighted by Gasteiger charge is -2.21. The van der Waals surface area contributed by atoms with Crippen LogP contribution in [0.3, 0.4) is 0 Å². The SMILES string of the molecule is CN=C(NCc1ncccc1F)NC1CC(C)N(Cc2ccccc2)C1. The highest BCUT2D eigenvalue weighted by Crippen LogP contribution is 2.20. The second kappa shape index (κ2) is 8.76. The van der Waals surface area contributed by atoms with E-state index < -0.39 is 0 Å². The molecule has 0 bridgehead atoms. The fraction of sp³-hybridized carbons (Fsp3) is 0.400. The van der Waals surface area contributed by atoms with Gasteiger partial charge < -0.3 is 10.6 Å². The van der Waals surface area contributed by atoms with Gasteiger partial charge in [-0.05, 0) is 31.0 Å². The summed E-state index contributed by atoms with van der Waals surface area (Å²) in [4.78, 5) is 10.8. The maximum absolute atomic E-state index is 13.7. The monoisotopic (exact) mass is 355 g/mol. The molecular weight excluding hydrogens is 329 g/mol. The average molecular weight is 355 g/mol. The number of benzene rings is 1. The van der Waals surface area contributed by atoms with Gasteiger partial charge in [0.25, 0.3) is 0 Å². The number of nitrogens with one attached hydrogen (secondary N) is 2. The molecule has 138 valence electrons. The molecule has 1 saturated heterocycles. The molecule has 0 aliphatic carbocycles. The van der Waals surface area contributed by atoms with Crippen molar-refractivity contribution >= 4 is 5.96 Å². The van der Waals surface area contributed by atoms with Gasteiger partial charge in [-0.25, -0.2) is 4.39 Å². The molecule has 6 heteroatoms. The fourth-order valence-electron chi connectivity index (χ4n) is 3.35. The topological polar surface area (TPSA) is 52.6 Å². The molecule has 2 N–H and O–H groups in total. The number of aromatic nitrogens is 1. The normalized spacial score (nSPS) is 21.0. The first kappa shape index (κ1) is 18.3. The molecule has 2 aromatic rings. The van der Waals surface area contributed by atoms with Gasteiger partial charge in [-0.15, -0.1) is 0 Å². The molecule has 1 aromatic carbocycles. The zero-order valence-electron chi connectivity index (χ0n) is 15.3. The van der Waals surface area contributed by atoms with E-state index in [1.807, 2.05) is 6.07 Å². The van der Waals surface area contributed by atoms with Crippen molar-refractivity contribution in [2.45, 2.75) is 38.5 Å². The minimum absolute atomic E-state index is 0.307. The number of guanidine groups is 1. The third-order valence-electron chi connectivity index (χ3n) is 4.75. The predicted octanol–water partition coefficient (Wildman–Crippen LogP) is 2.55. The highest BCUT2D eigenvalue weighted by molar-refractivity contribution is 5.80. The first-order valence-electron chi connectivity index (χ1n) is 9.00. The van der Waals surface area contributed by atoms with Crippen molar-refractivity contribution in [1.29, 1.82) is 0 Å². The summed E-state index contributed by atoms with van der Waals surface area (Å²) in [5.41, 5.74) is 1.72. The first-order valence-corrected chi connectivity index (χ1v) is 9.00. The Balaban J connectivity index is 1.52. The summed E-state index contributed by atoms with van der Waals surface area (Å²) in [7, 11) is 1.73. The predicted molar refractivity (Wildman–Crippen MR) is 102 cm³/mol. The lowest BCUT2D eigenvalue weighted by Crippen LogP contribution is -2.44. The van der Waals surface area contributed by atoms with Gasteiger partial charge in [-0.1, -0.05) is 30.3 Å². The van der Waals surface area contributed by atoms with E-state index in [-0.39, 0.29) is 5.82 Å². The van der Waals surface area contributed by atoms with Gasteiger partial charge in [0.2, 0.25) is 0 Å². The Bertz CT molecular complexity index is 734. The summed E-state index contributed by atoms with van der Waals surface area (Å²) in [5.74, 6) is 0.368. The largest absolute Gasteiger partial charge is 0.352 e. The second-order valence-electron chi connectivity index (χ2n) is 6.70. The summed E-state index contributed by atoms with van der Waals surface area (Å²) < 4.78 is 13.7. The quantitative estimate of drug-likeness (QED) is 0.639. The molecule has 2 unspecified atom stereocenters. The summed E-state index contributed by atoms with van der Waals surface area (Å²) in [6.45, 7) is 4.46. The van der Waals surface area contributed by atoms with Crippen molar-refractivity contribution in [2.24, 2.45) is 4.99 Å². The van der Waals surface area contributed by atoms with Crippen LogP contribution >= 0.6 is 0 Å². The molecule has 0 saturated carbocycles. The van der Waals surface area contributed by atoms with Gasteiger partial charge >= 0.3 is 0 Å². The van der Waals surface area contributed by atoms with E-state index in [9.17, 15) is 4.39 Å². The lowest BCUT2D eigenvalue weighted by molar-refractivity contribution is 0.258. The smallest absolute Gasteiger partial charge is 0.191 e. The average Bonchev–Trinajstić information content (AvgIpc) is 2.99. The Labute approximate surface area is 154 Å². The Morgan fingerprint density at radius 1 is 1.27 bits per heavy atom. The Hall–Kier alpha value is -2.47. The Morgan fingerprint density at radius 3 is 2.81 bits per heavy atom. The number of likely N-dealkylation sites (tertiary alicyclic amines) is 1. The summed E-state index contributed by atoms with van der Waals surface area (Å²) in [5, 5.41) is 6.60. The molecule has 3 rings (SSSR count). The number of halogens is 1. The van der Waals surface area contributed by atoms with Crippen molar-refractivity contribution in [2.75, 3.05) is 13.6 Å². The molecule has 2 heterocycles. The van der Waals surface area contributed by atoms with Crippen LogP contribution in [0.25, 0.3) is 0 Å². The number of pyridine rings is 1. The Morgan fingerprint density at radius 2 is 2.08 bits per heavy atom. The Kier molecular flexibility index (Phi) is 6.17. The van der Waals surface area contributed by atoms with E-state index in [4.69, 9.17) is 0 Å². The molecule has 0 amide bonds. The minimum Gasteiger partial charge on any atom is -0.352 e. The van der Waals surface area contributed by atoms with Crippen molar-refractivity contribution in [3.05, 3.63) is 65.7 Å². The van der Waals surface area contributed by atoms with Crippen LogP contribution < -0.4 is 10.6 Å². The number of hydrogen-bond donors (Lipinski definition) is 2. The van der Waals surface area contributed by atoms with Crippen LogP contribution in [0.4, 0.5) is 4.39 Å². The molecule has 1 aliphatic rings. The van der Waals surface area contributed by atoms with Crippen LogP contribution in [0.2, 0.25) is 0 Å². The highest BCUT2D eigenvalue weighted by atomic mass is 19.1. The standard InChI is InChI=1S/C20H26FN5/c1-15-11-17(14-26(15)13-16-7-4-3-5-8-16)25-20(22-2)24-12-19-18(21)9-6-10-23-19/h3-10,15,17H,11-14H2,1-2H3,(H2,22,24,25). The van der Waals surface area contributed by atoms with E-state index in [1.165, 1.54) is 11.6 Å². The number of nitrogens with zero attached hydrogens (tertiary/aromatic N) is 3. The van der Waals surface area contributed by atoms with Crippen molar-refractivity contribution in [3.63, 3.8) is 0 Å². The van der Waals surface area contributed by atoms with Crippen LogP contribution in [-0.4, -0.2) is 41.5 Å². The van der Waals surface area contributed by atoms with Crippen molar-refractivity contribution in [3.8, 4) is 0 Å². The number of hydrogen-bond acceptors (Lipinski definition) is 3. The van der Waals surface area contributed by atoms with E-state index in [2.05, 4.69) is 56.7 Å². The van der Waals surface area contributed by atoms with Crippen LogP contribution in [0.1, 0.15) is 24.6 Å². The maximum Gasteiger partial charge on any atom is 0.191 e. The molecule has 5 nitrogen and oxygen atoms in total. The van der Waals surface area contributed by atoms with Crippen LogP contribution in [-0.2, 0) is 13.1 Å². The number of rotatable bonds is 5. The molecule has 1 aliphatic heterocycles. The van der Waals surface area contributed by atoms with Gasteiger partial charge in [0.15, 0.2) is 5.96 Å². The summed E-state index contributed by atoms with van der Waals surface area (Å²) in [6.07, 6.45) is 2.64. The molecule has 2 atom stereocenters. The molecular formula is C20H26FN5. The highest BCUT2D eigenvalue weighted by Gasteiger charge is 2.29. The van der Waals surface area contributed by atoms with Gasteiger partial charge in [-0.2, -0.15) is 0 Å². The third kappa shape index (κ3) is 4.79. The van der Waals surface area contributed by atoms with E-state index >= 15 is 0 Å². The van der Waals surface area contributed by atoms with Crippen molar-refractivity contribution < 1.29 is 4.39 Å². The van der Waals surface area contributed by atoms with E-state index in [1.54, 1.807) is 19.3 Å². The van der Waals surface area contributed by atoms with Gasteiger partial charge in [0.1, 0.15) is 5.82 Å². The summed E-state index contributed by atoms with van der Waals surface area (Å²) in [6, 6.07) is 14.3. The van der Waals surface area contributed by atoms with E-state index in [0.717, 1.165) is 19.5 Å². The molecule has 26 heavy (non-hydrogen) atoms. The summed E-state index contributed by atoms with van der Waals surface area (Å²) >= 11 is 0.